The Morgan fingerprint density at radius 3 is 2.72 bits per heavy atom. The highest BCUT2D eigenvalue weighted by molar-refractivity contribution is 9.10. The molecule has 1 aromatic rings. The number of sulfonamides is 1. The van der Waals surface area contributed by atoms with Crippen LogP contribution in [0.5, 0.6) is 0 Å². The van der Waals surface area contributed by atoms with Crippen molar-refractivity contribution < 1.29 is 8.42 Å². The molecule has 98 valence electrons. The van der Waals surface area contributed by atoms with Gasteiger partial charge in [0.1, 0.15) is 0 Å². The molecule has 1 atom stereocenters. The number of anilines is 1. The van der Waals surface area contributed by atoms with Crippen LogP contribution in [0, 0.1) is 0 Å². The van der Waals surface area contributed by atoms with Crippen LogP contribution in [-0.4, -0.2) is 14.5 Å². The lowest BCUT2D eigenvalue weighted by atomic mass is 10.0. The summed E-state index contributed by atoms with van der Waals surface area (Å²) in [6.45, 7) is 0. The van der Waals surface area contributed by atoms with Crippen LogP contribution in [0.1, 0.15) is 19.3 Å². The van der Waals surface area contributed by atoms with Gasteiger partial charge in [0.05, 0.1) is 4.90 Å². The molecular weight excluding hydrogens is 316 g/mol. The predicted molar refractivity (Wildman–Crippen MR) is 75.7 cm³/mol. The van der Waals surface area contributed by atoms with Crippen molar-refractivity contribution >= 4 is 31.6 Å². The Morgan fingerprint density at radius 2 is 2.11 bits per heavy atom. The molecule has 0 radical (unpaired) electrons. The maximum Gasteiger partial charge on any atom is 0.240 e. The summed E-state index contributed by atoms with van der Waals surface area (Å²) in [5, 5.41) is 0. The van der Waals surface area contributed by atoms with Gasteiger partial charge in [0.15, 0.2) is 0 Å². The van der Waals surface area contributed by atoms with E-state index in [1.807, 2.05) is 6.08 Å². The molecule has 3 N–H and O–H groups in total. The zero-order valence-electron chi connectivity index (χ0n) is 9.77. The van der Waals surface area contributed by atoms with Gasteiger partial charge in [0.2, 0.25) is 10.0 Å². The van der Waals surface area contributed by atoms with Crippen LogP contribution in [0.25, 0.3) is 0 Å². The Balaban J connectivity index is 2.19. The maximum absolute atomic E-state index is 12.2. The highest BCUT2D eigenvalue weighted by Gasteiger charge is 2.20. The van der Waals surface area contributed by atoms with Crippen LogP contribution in [0.15, 0.2) is 39.7 Å². The molecule has 0 heterocycles. The van der Waals surface area contributed by atoms with Crippen LogP contribution in [-0.2, 0) is 10.0 Å². The zero-order valence-corrected chi connectivity index (χ0v) is 12.2. The Bertz CT molecular complexity index is 569. The lowest BCUT2D eigenvalue weighted by molar-refractivity contribution is 0.522. The van der Waals surface area contributed by atoms with E-state index in [0.29, 0.717) is 10.2 Å². The maximum atomic E-state index is 12.2. The number of benzene rings is 1. The van der Waals surface area contributed by atoms with E-state index >= 15 is 0 Å². The number of nitrogen functional groups attached to an aromatic ring is 1. The minimum Gasteiger partial charge on any atom is -0.398 e. The number of rotatable bonds is 3. The number of nitrogens with one attached hydrogen (secondary N) is 1. The van der Waals surface area contributed by atoms with E-state index in [9.17, 15) is 8.42 Å². The minimum atomic E-state index is -3.47. The first-order valence-electron chi connectivity index (χ1n) is 5.71. The molecule has 1 unspecified atom stereocenters. The van der Waals surface area contributed by atoms with Gasteiger partial charge < -0.3 is 5.73 Å². The normalized spacial score (nSPS) is 19.9. The minimum absolute atomic E-state index is 0.0173. The standard InChI is InChI=1S/C12H15BrN2O2S/c13-11-8-10(6-7-12(11)14)18(16,17)15-9-4-2-1-3-5-9/h1-2,6-9,15H,3-5,14H2. The Morgan fingerprint density at radius 1 is 1.33 bits per heavy atom. The van der Waals surface area contributed by atoms with Crippen LogP contribution >= 0.6 is 15.9 Å². The average Bonchev–Trinajstić information content (AvgIpc) is 2.33. The second-order valence-corrected chi connectivity index (χ2v) is 6.85. The molecule has 0 amide bonds. The van der Waals surface area contributed by atoms with Gasteiger partial charge in [0.25, 0.3) is 0 Å². The van der Waals surface area contributed by atoms with Gasteiger partial charge in [-0.25, -0.2) is 13.1 Å². The molecule has 6 heteroatoms. The van der Waals surface area contributed by atoms with Gasteiger partial charge in [-0.1, -0.05) is 12.2 Å². The molecule has 1 aliphatic carbocycles. The van der Waals surface area contributed by atoms with Crippen molar-refractivity contribution in [2.75, 3.05) is 5.73 Å². The summed E-state index contributed by atoms with van der Waals surface area (Å²) in [4.78, 5) is 0.234. The highest BCUT2D eigenvalue weighted by Crippen LogP contribution is 2.23. The zero-order chi connectivity index (χ0) is 13.2. The van der Waals surface area contributed by atoms with E-state index in [1.165, 1.54) is 12.1 Å². The van der Waals surface area contributed by atoms with E-state index in [0.717, 1.165) is 19.3 Å². The molecule has 0 bridgehead atoms. The van der Waals surface area contributed by atoms with Gasteiger partial charge in [-0.2, -0.15) is 0 Å². The number of nitrogens with two attached hydrogens (primary N) is 1. The van der Waals surface area contributed by atoms with E-state index in [1.54, 1.807) is 6.07 Å². The molecule has 0 saturated heterocycles. The summed E-state index contributed by atoms with van der Waals surface area (Å²) in [6, 6.07) is 4.60. The number of hydrogen-bond donors (Lipinski definition) is 2. The van der Waals surface area contributed by atoms with Crippen molar-refractivity contribution in [3.63, 3.8) is 0 Å². The molecule has 0 aliphatic heterocycles. The van der Waals surface area contributed by atoms with E-state index in [4.69, 9.17) is 5.73 Å². The van der Waals surface area contributed by atoms with Crippen molar-refractivity contribution in [3.05, 3.63) is 34.8 Å². The molecular formula is C12H15BrN2O2S. The second kappa shape index (κ2) is 5.42. The fourth-order valence-electron chi connectivity index (χ4n) is 1.86. The largest absolute Gasteiger partial charge is 0.398 e. The summed E-state index contributed by atoms with van der Waals surface area (Å²) in [6.07, 6.45) is 6.58. The van der Waals surface area contributed by atoms with Crippen LogP contribution < -0.4 is 10.5 Å². The topological polar surface area (TPSA) is 72.2 Å². The fourth-order valence-corrected chi connectivity index (χ4v) is 3.70. The van der Waals surface area contributed by atoms with E-state index in [2.05, 4.69) is 26.7 Å². The third-order valence-corrected chi connectivity index (χ3v) is 5.08. The van der Waals surface area contributed by atoms with Gasteiger partial charge in [-0.3, -0.25) is 0 Å². The fraction of sp³-hybridized carbons (Fsp3) is 0.333. The lowest BCUT2D eigenvalue weighted by Crippen LogP contribution is -2.35. The number of allylic oxidation sites excluding steroid dienone is 1. The van der Waals surface area contributed by atoms with Crippen LogP contribution in [0.3, 0.4) is 0 Å². The highest BCUT2D eigenvalue weighted by atomic mass is 79.9. The number of halogens is 1. The molecule has 18 heavy (non-hydrogen) atoms. The quantitative estimate of drug-likeness (QED) is 0.660. The van der Waals surface area contributed by atoms with Crippen molar-refractivity contribution in [1.82, 2.24) is 4.72 Å². The van der Waals surface area contributed by atoms with E-state index in [-0.39, 0.29) is 10.9 Å². The summed E-state index contributed by atoms with van der Waals surface area (Å²) in [5.41, 5.74) is 6.17. The summed E-state index contributed by atoms with van der Waals surface area (Å²) in [7, 11) is -3.47. The van der Waals surface area contributed by atoms with Gasteiger partial charge >= 0.3 is 0 Å². The summed E-state index contributed by atoms with van der Waals surface area (Å²) in [5.74, 6) is 0. The SMILES string of the molecule is Nc1ccc(S(=O)(=O)NC2CC=CCC2)cc1Br. The predicted octanol–water partition coefficient (Wildman–Crippen LogP) is 2.42. The van der Waals surface area contributed by atoms with Crippen molar-refractivity contribution in [2.45, 2.75) is 30.2 Å². The van der Waals surface area contributed by atoms with Crippen LogP contribution in [0.4, 0.5) is 5.69 Å². The van der Waals surface area contributed by atoms with Gasteiger partial charge in [-0.15, -0.1) is 0 Å². The van der Waals surface area contributed by atoms with Crippen molar-refractivity contribution in [2.24, 2.45) is 0 Å². The average molecular weight is 331 g/mol. The molecule has 1 aliphatic rings. The Labute approximate surface area is 115 Å². The first-order chi connectivity index (χ1) is 8.49. The molecule has 2 rings (SSSR count). The molecule has 4 nitrogen and oxygen atoms in total. The third kappa shape index (κ3) is 3.13. The smallest absolute Gasteiger partial charge is 0.240 e. The molecule has 0 fully saturated rings. The summed E-state index contributed by atoms with van der Waals surface area (Å²) >= 11 is 3.24. The van der Waals surface area contributed by atoms with Crippen LogP contribution in [0.2, 0.25) is 0 Å². The molecule has 1 aromatic carbocycles. The number of hydrogen-bond acceptors (Lipinski definition) is 3. The molecule has 0 saturated carbocycles. The molecule has 0 spiro atoms. The second-order valence-electron chi connectivity index (χ2n) is 4.29. The van der Waals surface area contributed by atoms with Gasteiger partial charge in [0, 0.05) is 16.2 Å². The van der Waals surface area contributed by atoms with Crippen molar-refractivity contribution in [1.29, 1.82) is 0 Å². The van der Waals surface area contributed by atoms with Gasteiger partial charge in [-0.05, 0) is 53.4 Å². The van der Waals surface area contributed by atoms with E-state index < -0.39 is 10.0 Å². The first-order valence-corrected chi connectivity index (χ1v) is 7.99. The Kier molecular flexibility index (Phi) is 4.09. The Hall–Kier alpha value is -0.850. The molecule has 0 aromatic heterocycles. The lowest BCUT2D eigenvalue weighted by Gasteiger charge is -2.19. The first kappa shape index (κ1) is 13.6. The monoisotopic (exact) mass is 330 g/mol. The van der Waals surface area contributed by atoms with Crippen molar-refractivity contribution in [3.8, 4) is 0 Å². The summed E-state index contributed by atoms with van der Waals surface area (Å²) < 4.78 is 27.6. The third-order valence-electron chi connectivity index (χ3n) is 2.87.